The number of carbonyl (C=O) groups excluding carboxylic acids is 1. The average Bonchev–Trinajstić information content (AvgIpc) is 3.30. The minimum absolute atomic E-state index is 0.104. The van der Waals surface area contributed by atoms with Crippen molar-refractivity contribution in [1.82, 2.24) is 19.8 Å². The van der Waals surface area contributed by atoms with Crippen LogP contribution in [-0.2, 0) is 11.3 Å². The third-order valence-corrected chi connectivity index (χ3v) is 6.17. The third-order valence-electron chi connectivity index (χ3n) is 6.17. The molecule has 3 N–H and O–H groups in total. The highest BCUT2D eigenvalue weighted by Crippen LogP contribution is 2.42. The minimum atomic E-state index is -0.329. The molecule has 4 rings (SSSR count). The van der Waals surface area contributed by atoms with E-state index in [0.29, 0.717) is 23.7 Å². The number of fused-ring (bicyclic) bond motifs is 1. The highest BCUT2D eigenvalue weighted by atomic mass is 19.1. The van der Waals surface area contributed by atoms with Crippen LogP contribution in [0, 0.1) is 31.0 Å². The predicted octanol–water partition coefficient (Wildman–Crippen LogP) is 1.53. The van der Waals surface area contributed by atoms with E-state index in [0.717, 1.165) is 37.7 Å². The standard InChI is InChI=1S/C21H28FN5O2/c1-14-3-4-17(5-18(14)22)25-20(29)10-27-8-16-7-26(11-21(16,12-27)13-28)9-19-23-6-15(2)24-19/h3-6,16,28H,7-13H2,1-2H3,(H,23,24)(H,25,29). The molecule has 2 aliphatic heterocycles. The van der Waals surface area contributed by atoms with Crippen LogP contribution in [0.25, 0.3) is 0 Å². The van der Waals surface area contributed by atoms with Gasteiger partial charge in [-0.15, -0.1) is 0 Å². The zero-order chi connectivity index (χ0) is 20.6. The lowest BCUT2D eigenvalue weighted by Crippen LogP contribution is -2.39. The molecule has 1 amide bonds. The van der Waals surface area contributed by atoms with E-state index in [9.17, 15) is 14.3 Å². The van der Waals surface area contributed by atoms with Crippen LogP contribution in [0.1, 0.15) is 17.1 Å². The topological polar surface area (TPSA) is 84.5 Å². The smallest absolute Gasteiger partial charge is 0.238 e. The van der Waals surface area contributed by atoms with Gasteiger partial charge in [0.2, 0.25) is 5.91 Å². The maximum atomic E-state index is 13.7. The normalized spacial score (nSPS) is 24.8. The molecule has 156 valence electrons. The number of likely N-dealkylation sites (tertiary alicyclic amines) is 2. The number of H-pyrrole nitrogens is 1. The van der Waals surface area contributed by atoms with Crippen molar-refractivity contribution >= 4 is 11.6 Å². The maximum Gasteiger partial charge on any atom is 0.238 e. The van der Waals surface area contributed by atoms with Gasteiger partial charge in [0.25, 0.3) is 0 Å². The molecular weight excluding hydrogens is 373 g/mol. The number of amides is 1. The second kappa shape index (κ2) is 7.85. The lowest BCUT2D eigenvalue weighted by molar-refractivity contribution is -0.117. The molecule has 3 heterocycles. The van der Waals surface area contributed by atoms with E-state index in [2.05, 4.69) is 25.1 Å². The Labute approximate surface area is 169 Å². The number of hydrogen-bond donors (Lipinski definition) is 3. The number of aryl methyl sites for hydroxylation is 2. The summed E-state index contributed by atoms with van der Waals surface area (Å²) in [5.74, 6) is 0.763. The van der Waals surface area contributed by atoms with Gasteiger partial charge in [0, 0.05) is 49.2 Å². The fraction of sp³-hybridized carbons (Fsp3) is 0.524. The van der Waals surface area contributed by atoms with Gasteiger partial charge in [0.05, 0.1) is 19.7 Å². The Balaban J connectivity index is 1.33. The van der Waals surface area contributed by atoms with E-state index in [1.165, 1.54) is 6.07 Å². The largest absolute Gasteiger partial charge is 0.396 e. The second-order valence-corrected chi connectivity index (χ2v) is 8.58. The number of hydrogen-bond acceptors (Lipinski definition) is 5. The number of rotatable bonds is 6. The molecule has 2 atom stereocenters. The number of anilines is 1. The van der Waals surface area contributed by atoms with Crippen LogP contribution >= 0.6 is 0 Å². The Bertz CT molecular complexity index is 901. The predicted molar refractivity (Wildman–Crippen MR) is 108 cm³/mol. The Morgan fingerprint density at radius 2 is 2.10 bits per heavy atom. The van der Waals surface area contributed by atoms with E-state index in [4.69, 9.17) is 0 Å². The van der Waals surface area contributed by atoms with Gasteiger partial charge in [0.1, 0.15) is 11.6 Å². The van der Waals surface area contributed by atoms with Crippen molar-refractivity contribution in [3.8, 4) is 0 Å². The molecule has 0 aliphatic carbocycles. The number of aliphatic hydroxyl groups excluding tert-OH is 1. The molecule has 2 aliphatic rings. The molecule has 0 bridgehead atoms. The lowest BCUT2D eigenvalue weighted by atomic mass is 9.82. The van der Waals surface area contributed by atoms with Gasteiger partial charge in [-0.3, -0.25) is 14.6 Å². The molecule has 7 nitrogen and oxygen atoms in total. The highest BCUT2D eigenvalue weighted by molar-refractivity contribution is 5.92. The van der Waals surface area contributed by atoms with E-state index >= 15 is 0 Å². The summed E-state index contributed by atoms with van der Waals surface area (Å²) < 4.78 is 13.7. The quantitative estimate of drug-likeness (QED) is 0.684. The van der Waals surface area contributed by atoms with Crippen molar-refractivity contribution in [2.24, 2.45) is 11.3 Å². The Morgan fingerprint density at radius 3 is 2.76 bits per heavy atom. The average molecular weight is 401 g/mol. The molecule has 2 aromatic rings. The molecule has 1 aromatic carbocycles. The SMILES string of the molecule is Cc1cnc(CN2CC3CN(CC(=O)Nc4ccc(C)c(F)c4)CC3(CO)C2)[nH]1. The first-order chi connectivity index (χ1) is 13.9. The summed E-state index contributed by atoms with van der Waals surface area (Å²) in [6.07, 6.45) is 1.83. The van der Waals surface area contributed by atoms with E-state index in [1.807, 2.05) is 13.1 Å². The van der Waals surface area contributed by atoms with Gasteiger partial charge in [-0.2, -0.15) is 0 Å². The molecule has 0 spiro atoms. The van der Waals surface area contributed by atoms with Crippen LogP contribution in [0.5, 0.6) is 0 Å². The molecule has 29 heavy (non-hydrogen) atoms. The summed E-state index contributed by atoms with van der Waals surface area (Å²) in [6.45, 7) is 7.87. The number of carbonyl (C=O) groups is 1. The number of imidazole rings is 1. The van der Waals surface area contributed by atoms with Crippen molar-refractivity contribution in [2.45, 2.75) is 20.4 Å². The summed E-state index contributed by atoms with van der Waals surface area (Å²) in [7, 11) is 0. The van der Waals surface area contributed by atoms with Crippen molar-refractivity contribution < 1.29 is 14.3 Å². The van der Waals surface area contributed by atoms with Crippen LogP contribution in [0.15, 0.2) is 24.4 Å². The Kier molecular flexibility index (Phi) is 5.42. The number of benzene rings is 1. The second-order valence-electron chi connectivity index (χ2n) is 8.58. The van der Waals surface area contributed by atoms with Crippen LogP contribution in [-0.4, -0.2) is 70.1 Å². The molecule has 2 fully saturated rings. The molecular formula is C21H28FN5O2. The number of halogens is 1. The Morgan fingerprint density at radius 1 is 1.34 bits per heavy atom. The monoisotopic (exact) mass is 401 g/mol. The molecule has 8 heteroatoms. The summed E-state index contributed by atoms with van der Waals surface area (Å²) in [5, 5.41) is 12.9. The lowest BCUT2D eigenvalue weighted by Gasteiger charge is -2.27. The zero-order valence-corrected chi connectivity index (χ0v) is 16.9. The van der Waals surface area contributed by atoms with E-state index in [-0.39, 0.29) is 30.3 Å². The first-order valence-electron chi connectivity index (χ1n) is 9.99. The summed E-state index contributed by atoms with van der Waals surface area (Å²) in [4.78, 5) is 24.5. The number of aliphatic hydroxyl groups is 1. The minimum Gasteiger partial charge on any atom is -0.396 e. The van der Waals surface area contributed by atoms with Gasteiger partial charge in [0.15, 0.2) is 0 Å². The highest BCUT2D eigenvalue weighted by Gasteiger charge is 2.52. The first-order valence-corrected chi connectivity index (χ1v) is 9.99. The van der Waals surface area contributed by atoms with Gasteiger partial charge < -0.3 is 15.4 Å². The molecule has 2 saturated heterocycles. The molecule has 0 radical (unpaired) electrons. The molecule has 1 aromatic heterocycles. The number of nitrogens with zero attached hydrogens (tertiary/aromatic N) is 3. The number of aromatic amines is 1. The summed E-state index contributed by atoms with van der Waals surface area (Å²) in [5.41, 5.74) is 1.85. The van der Waals surface area contributed by atoms with Crippen molar-refractivity contribution in [3.63, 3.8) is 0 Å². The zero-order valence-electron chi connectivity index (χ0n) is 16.9. The summed E-state index contributed by atoms with van der Waals surface area (Å²) in [6, 6.07) is 4.70. The van der Waals surface area contributed by atoms with Gasteiger partial charge in [-0.05, 0) is 37.5 Å². The van der Waals surface area contributed by atoms with Crippen molar-refractivity contribution in [1.29, 1.82) is 0 Å². The van der Waals surface area contributed by atoms with Crippen molar-refractivity contribution in [3.05, 3.63) is 47.3 Å². The number of nitrogens with one attached hydrogen (secondary N) is 2. The summed E-state index contributed by atoms with van der Waals surface area (Å²) >= 11 is 0. The first kappa shape index (κ1) is 20.0. The Hall–Kier alpha value is -2.29. The van der Waals surface area contributed by atoms with Crippen LogP contribution < -0.4 is 5.32 Å². The fourth-order valence-electron chi connectivity index (χ4n) is 4.70. The van der Waals surface area contributed by atoms with E-state index < -0.39 is 0 Å². The van der Waals surface area contributed by atoms with Gasteiger partial charge >= 0.3 is 0 Å². The van der Waals surface area contributed by atoms with E-state index in [1.54, 1.807) is 19.1 Å². The fourth-order valence-corrected chi connectivity index (χ4v) is 4.70. The molecule has 0 saturated carbocycles. The molecule has 2 unspecified atom stereocenters. The van der Waals surface area contributed by atoms with Gasteiger partial charge in [-0.25, -0.2) is 9.37 Å². The maximum absolute atomic E-state index is 13.7. The third kappa shape index (κ3) is 4.19. The van der Waals surface area contributed by atoms with Gasteiger partial charge in [-0.1, -0.05) is 6.07 Å². The van der Waals surface area contributed by atoms with Crippen LogP contribution in [0.3, 0.4) is 0 Å². The van der Waals surface area contributed by atoms with Crippen LogP contribution in [0.2, 0.25) is 0 Å². The van der Waals surface area contributed by atoms with Crippen molar-refractivity contribution in [2.75, 3.05) is 44.6 Å². The number of aromatic nitrogens is 2. The van der Waals surface area contributed by atoms with Crippen LogP contribution in [0.4, 0.5) is 10.1 Å².